The number of carboxylic acids is 1. The molecule has 0 saturated heterocycles. The van der Waals surface area contributed by atoms with Crippen molar-refractivity contribution in [2.24, 2.45) is 0 Å². The smallest absolute Gasteiger partial charge is 0.317 e. The second-order valence-electron chi connectivity index (χ2n) is 4.94. The van der Waals surface area contributed by atoms with Gasteiger partial charge >= 0.3 is 12.0 Å². The molecule has 0 aromatic carbocycles. The van der Waals surface area contributed by atoms with Gasteiger partial charge in [0.25, 0.3) is 0 Å². The van der Waals surface area contributed by atoms with Gasteiger partial charge in [-0.1, -0.05) is 0 Å². The number of nitrogens with one attached hydrogen (secondary N) is 1. The van der Waals surface area contributed by atoms with Crippen LogP contribution in [0.25, 0.3) is 0 Å². The number of rotatable bonds is 6. The fourth-order valence-electron chi connectivity index (χ4n) is 1.21. The highest BCUT2D eigenvalue weighted by Crippen LogP contribution is 2.08. The first-order chi connectivity index (χ1) is 7.93. The molecule has 0 atom stereocenters. The zero-order chi connectivity index (χ0) is 14.6. The van der Waals surface area contributed by atoms with Crippen LogP contribution in [0.15, 0.2) is 0 Å². The van der Waals surface area contributed by atoms with Crippen LogP contribution in [-0.2, 0) is 14.6 Å². The van der Waals surface area contributed by atoms with Crippen molar-refractivity contribution in [1.82, 2.24) is 10.2 Å². The summed E-state index contributed by atoms with van der Waals surface area (Å²) in [6.45, 7) is 3.24. The van der Waals surface area contributed by atoms with Crippen molar-refractivity contribution in [3.63, 3.8) is 0 Å². The lowest BCUT2D eigenvalue weighted by Crippen LogP contribution is -2.50. The van der Waals surface area contributed by atoms with Crippen molar-refractivity contribution in [1.29, 1.82) is 0 Å². The Balaban J connectivity index is 4.35. The van der Waals surface area contributed by atoms with Crippen LogP contribution in [0.1, 0.15) is 20.3 Å². The summed E-state index contributed by atoms with van der Waals surface area (Å²) < 4.78 is 21.9. The first kappa shape index (κ1) is 16.7. The lowest BCUT2D eigenvalue weighted by Gasteiger charge is -2.27. The number of aliphatic carboxylic acids is 1. The zero-order valence-electron chi connectivity index (χ0n) is 11.1. The second-order valence-corrected chi connectivity index (χ2v) is 7.20. The molecular formula is C10H20N2O5S. The molecule has 0 saturated carbocycles. The number of amides is 2. The Kier molecular flexibility index (Phi) is 5.59. The molecular weight excluding hydrogens is 260 g/mol. The molecule has 0 spiro atoms. The molecule has 0 radical (unpaired) electrons. The highest BCUT2D eigenvalue weighted by Gasteiger charge is 2.25. The van der Waals surface area contributed by atoms with Crippen molar-refractivity contribution >= 4 is 21.8 Å². The van der Waals surface area contributed by atoms with Gasteiger partial charge in [0.1, 0.15) is 9.84 Å². The van der Waals surface area contributed by atoms with Crippen LogP contribution in [-0.4, -0.2) is 61.6 Å². The van der Waals surface area contributed by atoms with Gasteiger partial charge in [-0.25, -0.2) is 13.2 Å². The molecule has 7 nitrogen and oxygen atoms in total. The van der Waals surface area contributed by atoms with Crippen LogP contribution >= 0.6 is 0 Å². The zero-order valence-corrected chi connectivity index (χ0v) is 11.9. The number of carbonyl (C=O) groups is 2. The van der Waals surface area contributed by atoms with Crippen LogP contribution in [0.3, 0.4) is 0 Å². The molecule has 0 rings (SSSR count). The summed E-state index contributed by atoms with van der Waals surface area (Å²) in [5.74, 6) is -1.14. The second kappa shape index (κ2) is 6.03. The molecule has 8 heteroatoms. The third kappa shape index (κ3) is 7.88. The summed E-state index contributed by atoms with van der Waals surface area (Å²) in [6.07, 6.45) is 0.881. The Morgan fingerprint density at radius 2 is 1.83 bits per heavy atom. The van der Waals surface area contributed by atoms with Crippen LogP contribution in [0.4, 0.5) is 4.79 Å². The van der Waals surface area contributed by atoms with Gasteiger partial charge in [0.15, 0.2) is 0 Å². The molecule has 18 heavy (non-hydrogen) atoms. The van der Waals surface area contributed by atoms with Gasteiger partial charge in [-0.2, -0.15) is 0 Å². The minimum Gasteiger partial charge on any atom is -0.481 e. The number of carbonyl (C=O) groups excluding carboxylic acids is 1. The molecule has 0 unspecified atom stereocenters. The molecule has 0 aliphatic heterocycles. The average Bonchev–Trinajstić information content (AvgIpc) is 2.09. The quantitative estimate of drug-likeness (QED) is 0.708. The van der Waals surface area contributed by atoms with Gasteiger partial charge in [-0.05, 0) is 13.8 Å². The maximum atomic E-state index is 11.7. The number of hydrogen-bond acceptors (Lipinski definition) is 4. The van der Waals surface area contributed by atoms with Gasteiger partial charge in [-0.15, -0.1) is 0 Å². The van der Waals surface area contributed by atoms with Crippen LogP contribution in [0, 0.1) is 0 Å². The first-order valence-corrected chi connectivity index (χ1v) is 7.42. The third-order valence-corrected chi connectivity index (χ3v) is 3.11. The topological polar surface area (TPSA) is 104 Å². The molecule has 0 aromatic heterocycles. The molecule has 2 amide bonds. The van der Waals surface area contributed by atoms with Crippen LogP contribution in [0.2, 0.25) is 0 Å². The van der Waals surface area contributed by atoms with E-state index in [1.807, 2.05) is 0 Å². The standard InChI is InChI=1S/C10H20N2O5S/c1-10(2,7-8(13)14)11-9(15)12(3)5-6-18(4,16)17/h5-7H2,1-4H3,(H,11,15)(H,13,14). The molecule has 2 N–H and O–H groups in total. The molecule has 0 heterocycles. The average molecular weight is 280 g/mol. The van der Waals surface area contributed by atoms with Gasteiger partial charge in [0, 0.05) is 25.4 Å². The van der Waals surface area contributed by atoms with E-state index in [-0.39, 0.29) is 18.7 Å². The fraction of sp³-hybridized carbons (Fsp3) is 0.800. The van der Waals surface area contributed by atoms with Crippen LogP contribution < -0.4 is 5.32 Å². The van der Waals surface area contributed by atoms with Crippen LogP contribution in [0.5, 0.6) is 0 Å². The summed E-state index contributed by atoms with van der Waals surface area (Å²) in [4.78, 5) is 23.5. The van der Waals surface area contributed by atoms with Crippen molar-refractivity contribution in [3.05, 3.63) is 0 Å². The summed E-state index contributed by atoms with van der Waals surface area (Å²) in [7, 11) is -1.68. The number of hydrogen-bond donors (Lipinski definition) is 2. The van der Waals surface area contributed by atoms with E-state index in [0.29, 0.717) is 0 Å². The van der Waals surface area contributed by atoms with Gasteiger partial charge in [0.2, 0.25) is 0 Å². The predicted octanol–water partition coefficient (Wildman–Crippen LogP) is -0.0743. The van der Waals surface area contributed by atoms with Crippen molar-refractivity contribution in [3.8, 4) is 0 Å². The molecule has 106 valence electrons. The van der Waals surface area contributed by atoms with E-state index in [4.69, 9.17) is 5.11 Å². The van der Waals surface area contributed by atoms with E-state index in [2.05, 4.69) is 5.32 Å². The van der Waals surface area contributed by atoms with Crippen molar-refractivity contribution in [2.45, 2.75) is 25.8 Å². The summed E-state index contributed by atoms with van der Waals surface area (Å²) >= 11 is 0. The van der Waals surface area contributed by atoms with Gasteiger partial charge in [0.05, 0.1) is 12.2 Å². The summed E-state index contributed by atoms with van der Waals surface area (Å²) in [5.41, 5.74) is -0.887. The van der Waals surface area contributed by atoms with E-state index in [9.17, 15) is 18.0 Å². The SMILES string of the molecule is CN(CCS(C)(=O)=O)C(=O)NC(C)(C)CC(=O)O. The molecule has 0 aliphatic rings. The highest BCUT2D eigenvalue weighted by atomic mass is 32.2. The van der Waals surface area contributed by atoms with Crippen molar-refractivity contribution < 1.29 is 23.1 Å². The van der Waals surface area contributed by atoms with Crippen molar-refractivity contribution in [2.75, 3.05) is 25.6 Å². The van der Waals surface area contributed by atoms with E-state index in [1.165, 1.54) is 11.9 Å². The Morgan fingerprint density at radius 1 is 1.33 bits per heavy atom. The van der Waals surface area contributed by atoms with Gasteiger partial charge < -0.3 is 15.3 Å². The van der Waals surface area contributed by atoms with E-state index in [1.54, 1.807) is 13.8 Å². The molecule has 0 fully saturated rings. The maximum Gasteiger partial charge on any atom is 0.317 e. The fourth-order valence-corrected chi connectivity index (χ4v) is 1.82. The lowest BCUT2D eigenvalue weighted by atomic mass is 10.0. The Labute approximate surface area is 107 Å². The number of sulfone groups is 1. The molecule has 0 aromatic rings. The lowest BCUT2D eigenvalue weighted by molar-refractivity contribution is -0.138. The Bertz CT molecular complexity index is 416. The summed E-state index contributed by atoms with van der Waals surface area (Å²) in [5, 5.41) is 11.2. The summed E-state index contributed by atoms with van der Waals surface area (Å²) in [6, 6.07) is -0.495. The Hall–Kier alpha value is -1.31. The maximum absolute atomic E-state index is 11.7. The molecule has 0 aliphatic carbocycles. The highest BCUT2D eigenvalue weighted by molar-refractivity contribution is 7.90. The number of urea groups is 1. The van der Waals surface area contributed by atoms with Gasteiger partial charge in [-0.3, -0.25) is 4.79 Å². The minimum atomic E-state index is -3.13. The normalized spacial score (nSPS) is 12.0. The Morgan fingerprint density at radius 3 is 2.22 bits per heavy atom. The monoisotopic (exact) mass is 280 g/mol. The molecule has 0 bridgehead atoms. The predicted molar refractivity (Wildman–Crippen MR) is 67.2 cm³/mol. The van der Waals surface area contributed by atoms with E-state index < -0.39 is 27.4 Å². The number of nitrogens with zero attached hydrogens (tertiary/aromatic N) is 1. The third-order valence-electron chi connectivity index (χ3n) is 2.18. The van der Waals surface area contributed by atoms with E-state index in [0.717, 1.165) is 6.26 Å². The number of carboxylic acid groups (broad SMARTS) is 1. The minimum absolute atomic E-state index is 0.0633. The largest absolute Gasteiger partial charge is 0.481 e. The van der Waals surface area contributed by atoms with E-state index >= 15 is 0 Å². The first-order valence-electron chi connectivity index (χ1n) is 5.36.